The second kappa shape index (κ2) is 8.97. The zero-order valence-corrected chi connectivity index (χ0v) is 16.4. The molecule has 3 heterocycles. The summed E-state index contributed by atoms with van der Waals surface area (Å²) in [7, 11) is 0. The first-order valence-corrected chi connectivity index (χ1v) is 9.49. The average Bonchev–Trinajstić information content (AvgIpc) is 2.99. The first-order chi connectivity index (χ1) is 13.8. The number of carbonyl (C=O) groups is 2. The molecule has 9 nitrogen and oxygen atoms in total. The third kappa shape index (κ3) is 5.49. The molecule has 0 aromatic carbocycles. The topological polar surface area (TPSA) is 121 Å². The van der Waals surface area contributed by atoms with Crippen LogP contribution in [0.1, 0.15) is 35.6 Å². The van der Waals surface area contributed by atoms with Crippen molar-refractivity contribution in [2.45, 2.75) is 51.7 Å². The van der Waals surface area contributed by atoms with Crippen molar-refractivity contribution in [3.8, 4) is 0 Å². The Labute approximate surface area is 166 Å². The van der Waals surface area contributed by atoms with Gasteiger partial charge in [0.2, 0.25) is 11.8 Å². The molecule has 29 heavy (non-hydrogen) atoms. The van der Waals surface area contributed by atoms with Gasteiger partial charge in [0, 0.05) is 43.5 Å². The van der Waals surface area contributed by atoms with Gasteiger partial charge in [-0.2, -0.15) is 5.10 Å². The maximum Gasteiger partial charge on any atom is 0.264 e. The first-order valence-electron chi connectivity index (χ1n) is 9.49. The van der Waals surface area contributed by atoms with Gasteiger partial charge in [0.05, 0.1) is 24.4 Å². The number of hydrogen-bond donors (Lipinski definition) is 2. The molecule has 2 N–H and O–H groups in total. The molecular formula is C19H24FN5O4. The number of alkyl halides is 1. The van der Waals surface area contributed by atoms with Crippen molar-refractivity contribution in [2.24, 2.45) is 0 Å². The van der Waals surface area contributed by atoms with Gasteiger partial charge in [0.15, 0.2) is 0 Å². The van der Waals surface area contributed by atoms with Gasteiger partial charge in [0.25, 0.3) is 5.56 Å². The Morgan fingerprint density at radius 3 is 2.79 bits per heavy atom. The maximum atomic E-state index is 14.2. The molecule has 0 aliphatic carbocycles. The Bertz CT molecular complexity index is 901. The number of rotatable bonds is 6. The van der Waals surface area contributed by atoms with Gasteiger partial charge in [-0.05, 0) is 19.9 Å². The number of piperidine rings is 1. The highest BCUT2D eigenvalue weighted by Gasteiger charge is 2.31. The number of carbonyl (C=O) groups excluding carboxylic acids is 2. The van der Waals surface area contributed by atoms with E-state index in [4.69, 9.17) is 4.52 Å². The van der Waals surface area contributed by atoms with E-state index >= 15 is 0 Å². The summed E-state index contributed by atoms with van der Waals surface area (Å²) in [5, 5.41) is 12.8. The van der Waals surface area contributed by atoms with Crippen LogP contribution in [-0.4, -0.2) is 57.4 Å². The van der Waals surface area contributed by atoms with E-state index < -0.39 is 12.2 Å². The van der Waals surface area contributed by atoms with Crippen LogP contribution in [-0.2, 0) is 22.4 Å². The van der Waals surface area contributed by atoms with Crippen LogP contribution in [0.2, 0.25) is 0 Å². The van der Waals surface area contributed by atoms with Crippen molar-refractivity contribution in [2.75, 3.05) is 13.1 Å². The van der Waals surface area contributed by atoms with E-state index in [0.717, 1.165) is 0 Å². The largest absolute Gasteiger partial charge is 0.361 e. The molecule has 0 spiro atoms. The fourth-order valence-electron chi connectivity index (χ4n) is 3.42. The molecule has 0 radical (unpaired) electrons. The summed E-state index contributed by atoms with van der Waals surface area (Å²) in [6.07, 6.45) is -0.448. The van der Waals surface area contributed by atoms with Crippen LogP contribution < -0.4 is 10.9 Å². The molecule has 0 unspecified atom stereocenters. The zero-order chi connectivity index (χ0) is 21.0. The quantitative estimate of drug-likeness (QED) is 0.726. The number of aromatic amines is 1. The standard InChI is InChI=1S/C19H24FN5O4/c1-11-16(12(2)29-24-11)8-19(28)25-9-13(20)7-15(10-25)21-17(26)5-3-14-4-6-18(27)23-22-14/h4,6,13,15H,3,5,7-10H2,1-2H3,(H,21,26)(H,23,27)/t13-,15+/m1/s1. The van der Waals surface area contributed by atoms with Crippen LogP contribution in [0, 0.1) is 13.8 Å². The van der Waals surface area contributed by atoms with E-state index in [1.165, 1.54) is 11.0 Å². The Balaban J connectivity index is 1.53. The predicted molar refractivity (Wildman–Crippen MR) is 101 cm³/mol. The Morgan fingerprint density at radius 2 is 2.14 bits per heavy atom. The van der Waals surface area contributed by atoms with Gasteiger partial charge in [-0.25, -0.2) is 9.49 Å². The van der Waals surface area contributed by atoms with Crippen LogP contribution in [0.25, 0.3) is 0 Å². The summed E-state index contributed by atoms with van der Waals surface area (Å²) in [4.78, 5) is 37.3. The lowest BCUT2D eigenvalue weighted by molar-refractivity contribution is -0.134. The summed E-state index contributed by atoms with van der Waals surface area (Å²) in [6.45, 7) is 3.76. The number of aryl methyl sites for hydroxylation is 3. The lowest BCUT2D eigenvalue weighted by Crippen LogP contribution is -2.53. The third-order valence-electron chi connectivity index (χ3n) is 4.97. The van der Waals surface area contributed by atoms with E-state index in [2.05, 4.69) is 20.7 Å². The molecule has 2 aromatic rings. The molecule has 1 saturated heterocycles. The third-order valence-corrected chi connectivity index (χ3v) is 4.97. The lowest BCUT2D eigenvalue weighted by Gasteiger charge is -2.35. The van der Waals surface area contributed by atoms with Crippen LogP contribution in [0.4, 0.5) is 4.39 Å². The van der Waals surface area contributed by atoms with Crippen LogP contribution >= 0.6 is 0 Å². The summed E-state index contributed by atoms with van der Waals surface area (Å²) >= 11 is 0. The summed E-state index contributed by atoms with van der Waals surface area (Å²) < 4.78 is 19.3. The number of amides is 2. The first kappa shape index (κ1) is 20.7. The van der Waals surface area contributed by atoms with Crippen LogP contribution in [0.5, 0.6) is 0 Å². The number of nitrogens with zero attached hydrogens (tertiary/aromatic N) is 3. The second-order valence-electron chi connectivity index (χ2n) is 7.29. The number of hydrogen-bond acceptors (Lipinski definition) is 6. The average molecular weight is 405 g/mol. The van der Waals surface area contributed by atoms with E-state index in [9.17, 15) is 18.8 Å². The highest BCUT2D eigenvalue weighted by atomic mass is 19.1. The molecule has 1 aliphatic rings. The molecular weight excluding hydrogens is 381 g/mol. The van der Waals surface area contributed by atoms with Crippen LogP contribution in [0.3, 0.4) is 0 Å². The summed E-state index contributed by atoms with van der Waals surface area (Å²) in [5.74, 6) is 0.0963. The number of aromatic nitrogens is 3. The molecule has 156 valence electrons. The normalized spacial score (nSPS) is 19.2. The maximum absolute atomic E-state index is 14.2. The Morgan fingerprint density at radius 1 is 1.34 bits per heavy atom. The van der Waals surface area contributed by atoms with Gasteiger partial charge in [-0.1, -0.05) is 5.16 Å². The van der Waals surface area contributed by atoms with Crippen molar-refractivity contribution in [1.82, 2.24) is 25.6 Å². The molecule has 2 aromatic heterocycles. The molecule has 3 rings (SSSR count). The SMILES string of the molecule is Cc1noc(C)c1CC(=O)N1C[C@H](F)C[C@H](NC(=O)CCc2ccc(=O)[nH]n2)C1. The van der Waals surface area contributed by atoms with Gasteiger partial charge in [-0.3, -0.25) is 14.4 Å². The van der Waals surface area contributed by atoms with Crippen molar-refractivity contribution < 1.29 is 18.5 Å². The second-order valence-corrected chi connectivity index (χ2v) is 7.29. The van der Waals surface area contributed by atoms with E-state index in [1.54, 1.807) is 19.9 Å². The number of H-pyrrole nitrogens is 1. The minimum Gasteiger partial charge on any atom is -0.361 e. The Kier molecular flexibility index (Phi) is 6.40. The fraction of sp³-hybridized carbons (Fsp3) is 0.526. The zero-order valence-electron chi connectivity index (χ0n) is 16.4. The number of halogens is 1. The summed E-state index contributed by atoms with van der Waals surface area (Å²) in [6, 6.07) is 2.44. The Hall–Kier alpha value is -3.04. The minimum atomic E-state index is -1.21. The molecule has 1 fully saturated rings. The van der Waals surface area contributed by atoms with Gasteiger partial charge < -0.3 is 14.7 Å². The van der Waals surface area contributed by atoms with E-state index in [0.29, 0.717) is 29.1 Å². The minimum absolute atomic E-state index is 0.00980. The lowest BCUT2D eigenvalue weighted by atomic mass is 10.0. The summed E-state index contributed by atoms with van der Waals surface area (Å²) in [5.41, 5.74) is 1.63. The van der Waals surface area contributed by atoms with Crippen molar-refractivity contribution in [1.29, 1.82) is 0 Å². The van der Waals surface area contributed by atoms with Gasteiger partial charge in [0.1, 0.15) is 11.9 Å². The predicted octanol–water partition coefficient (Wildman–Crippen LogP) is 0.605. The van der Waals surface area contributed by atoms with Crippen LogP contribution in [0.15, 0.2) is 21.5 Å². The molecule has 0 saturated carbocycles. The smallest absolute Gasteiger partial charge is 0.264 e. The molecule has 1 aliphatic heterocycles. The highest BCUT2D eigenvalue weighted by Crippen LogP contribution is 2.18. The molecule has 10 heteroatoms. The fourth-order valence-corrected chi connectivity index (χ4v) is 3.42. The van der Waals surface area contributed by atoms with E-state index in [1.807, 2.05) is 0 Å². The van der Waals surface area contributed by atoms with Gasteiger partial charge in [-0.15, -0.1) is 0 Å². The molecule has 2 amide bonds. The monoisotopic (exact) mass is 405 g/mol. The van der Waals surface area contributed by atoms with Crippen molar-refractivity contribution >= 4 is 11.8 Å². The van der Waals surface area contributed by atoms with Crippen molar-refractivity contribution in [3.05, 3.63) is 45.2 Å². The highest BCUT2D eigenvalue weighted by molar-refractivity contribution is 5.80. The molecule has 2 atom stereocenters. The van der Waals surface area contributed by atoms with Gasteiger partial charge >= 0.3 is 0 Å². The number of nitrogens with one attached hydrogen (secondary N) is 2. The number of likely N-dealkylation sites (tertiary alicyclic amines) is 1. The molecule has 0 bridgehead atoms. The van der Waals surface area contributed by atoms with E-state index in [-0.39, 0.29) is 49.7 Å². The van der Waals surface area contributed by atoms with Crippen molar-refractivity contribution in [3.63, 3.8) is 0 Å².